The lowest BCUT2D eigenvalue weighted by molar-refractivity contribution is -0.120. The Morgan fingerprint density at radius 1 is 1.23 bits per heavy atom. The van der Waals surface area contributed by atoms with Crippen LogP contribution in [0.2, 0.25) is 0 Å². The van der Waals surface area contributed by atoms with Gasteiger partial charge in [0.2, 0.25) is 5.91 Å². The summed E-state index contributed by atoms with van der Waals surface area (Å²) in [6.07, 6.45) is 7.98. The molecule has 0 atom stereocenters. The molecule has 3 N–H and O–H groups in total. The number of primary amides is 1. The fourth-order valence-corrected chi connectivity index (χ4v) is 3.95. The van der Waals surface area contributed by atoms with Crippen LogP contribution in [0.3, 0.4) is 0 Å². The smallest absolute Gasteiger partial charge is 0.255 e. The fraction of sp³-hybridized carbons (Fsp3) is 0.591. The average Bonchev–Trinajstić information content (AvgIpc) is 2.75. The van der Waals surface area contributed by atoms with E-state index in [2.05, 4.69) is 17.1 Å². The summed E-state index contributed by atoms with van der Waals surface area (Å²) < 4.78 is 10.8. The quantitative estimate of drug-likeness (QED) is 0.548. The molecule has 2 amide bonds. The normalized spacial score (nSPS) is 14.1. The highest BCUT2D eigenvalue weighted by Gasteiger charge is 2.25. The van der Waals surface area contributed by atoms with Gasteiger partial charge in [-0.1, -0.05) is 38.7 Å². The van der Waals surface area contributed by atoms with Crippen LogP contribution in [0.15, 0.2) is 18.2 Å². The molecule has 0 aliphatic heterocycles. The van der Waals surface area contributed by atoms with Crippen LogP contribution in [0.1, 0.15) is 63.9 Å². The monoisotopic (exact) mass is 435 g/mol. The fourth-order valence-electron chi connectivity index (χ4n) is 3.63. The second-order valence-electron chi connectivity index (χ2n) is 7.62. The van der Waals surface area contributed by atoms with E-state index in [0.29, 0.717) is 35.6 Å². The molecule has 0 unspecified atom stereocenters. The molecule has 1 aliphatic carbocycles. The first-order valence-electron chi connectivity index (χ1n) is 10.6. The number of benzene rings is 1. The lowest BCUT2D eigenvalue weighted by atomic mass is 9.94. The molecule has 0 spiro atoms. The molecule has 1 fully saturated rings. The van der Waals surface area contributed by atoms with Gasteiger partial charge in [-0.3, -0.25) is 9.59 Å². The van der Waals surface area contributed by atoms with Crippen LogP contribution in [-0.2, 0) is 16.1 Å². The molecule has 0 radical (unpaired) electrons. The van der Waals surface area contributed by atoms with Crippen molar-refractivity contribution in [2.75, 3.05) is 13.7 Å². The minimum atomic E-state index is -0.547. The lowest BCUT2D eigenvalue weighted by Crippen LogP contribution is -2.48. The zero-order valence-corrected chi connectivity index (χ0v) is 18.8. The number of amides is 2. The number of hydrogen-bond donors (Lipinski definition) is 2. The second-order valence-corrected chi connectivity index (χ2v) is 8.00. The van der Waals surface area contributed by atoms with Gasteiger partial charge >= 0.3 is 0 Å². The van der Waals surface area contributed by atoms with Crippen molar-refractivity contribution in [1.82, 2.24) is 10.2 Å². The van der Waals surface area contributed by atoms with Crippen molar-refractivity contribution < 1.29 is 19.1 Å². The minimum absolute atomic E-state index is 0.0320. The summed E-state index contributed by atoms with van der Waals surface area (Å²) in [6.45, 7) is 2.41. The van der Waals surface area contributed by atoms with E-state index < -0.39 is 5.91 Å². The van der Waals surface area contributed by atoms with E-state index in [0.717, 1.165) is 44.1 Å². The first-order chi connectivity index (χ1) is 14.4. The number of methoxy groups -OCH3 is 1. The summed E-state index contributed by atoms with van der Waals surface area (Å²) in [7, 11) is 1.55. The lowest BCUT2D eigenvalue weighted by Gasteiger charge is -2.36. The highest BCUT2D eigenvalue weighted by atomic mass is 32.1. The molecule has 0 saturated heterocycles. The molecular weight excluding hydrogens is 402 g/mol. The maximum atomic E-state index is 12.2. The molecule has 2 rings (SSSR count). The van der Waals surface area contributed by atoms with Crippen LogP contribution in [0, 0.1) is 0 Å². The zero-order valence-electron chi connectivity index (χ0n) is 17.9. The summed E-state index contributed by atoms with van der Waals surface area (Å²) in [5, 5.41) is 3.40. The molecule has 0 aromatic heterocycles. The first-order valence-corrected chi connectivity index (χ1v) is 11.0. The SMILES string of the molecule is CCCCC(=O)NC(=S)N(Cc1ccc(OCC(N)=O)c(OC)c1)C1CCCCC1. The highest BCUT2D eigenvalue weighted by Crippen LogP contribution is 2.30. The van der Waals surface area contributed by atoms with E-state index in [1.54, 1.807) is 13.2 Å². The molecule has 7 nitrogen and oxygen atoms in total. The number of carbonyl (C=O) groups is 2. The largest absolute Gasteiger partial charge is 0.493 e. The van der Waals surface area contributed by atoms with Crippen LogP contribution in [0.5, 0.6) is 11.5 Å². The van der Waals surface area contributed by atoms with Crippen molar-refractivity contribution in [3.8, 4) is 11.5 Å². The van der Waals surface area contributed by atoms with E-state index in [1.165, 1.54) is 6.42 Å². The molecule has 166 valence electrons. The Labute approximate surface area is 184 Å². The third-order valence-corrected chi connectivity index (χ3v) is 5.57. The highest BCUT2D eigenvalue weighted by molar-refractivity contribution is 7.80. The molecule has 30 heavy (non-hydrogen) atoms. The number of nitrogens with one attached hydrogen (secondary N) is 1. The molecule has 8 heteroatoms. The molecular formula is C22H33N3O4S. The van der Waals surface area contributed by atoms with E-state index >= 15 is 0 Å². The number of hydrogen-bond acceptors (Lipinski definition) is 5. The average molecular weight is 436 g/mol. The number of nitrogens with zero attached hydrogens (tertiary/aromatic N) is 1. The third kappa shape index (κ3) is 7.48. The van der Waals surface area contributed by atoms with Gasteiger partial charge in [-0.2, -0.15) is 0 Å². The van der Waals surface area contributed by atoms with E-state index in [1.807, 2.05) is 12.1 Å². The van der Waals surface area contributed by atoms with Crippen LogP contribution in [0.4, 0.5) is 0 Å². The van der Waals surface area contributed by atoms with Crippen molar-refractivity contribution in [2.45, 2.75) is 70.9 Å². The standard InChI is InChI=1S/C22H33N3O4S/c1-3-4-10-21(27)24-22(30)25(17-8-6-5-7-9-17)14-16-11-12-18(19(13-16)28-2)29-15-20(23)26/h11-13,17H,3-10,14-15H2,1-2H3,(H2,23,26)(H,24,27,30). The van der Waals surface area contributed by atoms with Crippen molar-refractivity contribution in [2.24, 2.45) is 5.73 Å². The van der Waals surface area contributed by atoms with Gasteiger partial charge in [-0.25, -0.2) is 0 Å². The van der Waals surface area contributed by atoms with Gasteiger partial charge in [0, 0.05) is 19.0 Å². The maximum absolute atomic E-state index is 12.2. The van der Waals surface area contributed by atoms with Crippen LogP contribution >= 0.6 is 12.2 Å². The number of rotatable bonds is 10. The molecule has 1 aromatic rings. The predicted molar refractivity (Wildman–Crippen MR) is 120 cm³/mol. The number of carbonyl (C=O) groups excluding carboxylic acids is 2. The Bertz CT molecular complexity index is 735. The maximum Gasteiger partial charge on any atom is 0.255 e. The van der Waals surface area contributed by atoms with Crippen LogP contribution in [-0.4, -0.2) is 41.6 Å². The Morgan fingerprint density at radius 2 is 1.97 bits per heavy atom. The number of nitrogens with two attached hydrogens (primary N) is 1. The van der Waals surface area contributed by atoms with Crippen LogP contribution < -0.4 is 20.5 Å². The van der Waals surface area contributed by atoms with Gasteiger partial charge in [0.1, 0.15) is 0 Å². The van der Waals surface area contributed by atoms with E-state index in [4.69, 9.17) is 27.4 Å². The zero-order chi connectivity index (χ0) is 21.9. The molecule has 1 saturated carbocycles. The Morgan fingerprint density at radius 3 is 2.60 bits per heavy atom. The van der Waals surface area contributed by atoms with Crippen LogP contribution in [0.25, 0.3) is 0 Å². The van der Waals surface area contributed by atoms with Gasteiger partial charge in [0.25, 0.3) is 5.91 Å². The summed E-state index contributed by atoms with van der Waals surface area (Å²) in [5.74, 6) is 0.402. The Balaban J connectivity index is 2.15. The second kappa shape index (κ2) is 12.4. The Kier molecular flexibility index (Phi) is 9.86. The Hall–Kier alpha value is -2.35. The van der Waals surface area contributed by atoms with Gasteiger partial charge in [0.05, 0.1) is 7.11 Å². The summed E-state index contributed by atoms with van der Waals surface area (Å²) in [4.78, 5) is 25.3. The number of unbranched alkanes of at least 4 members (excludes halogenated alkanes) is 1. The van der Waals surface area contributed by atoms with Gasteiger partial charge in [-0.15, -0.1) is 0 Å². The molecule has 1 aromatic carbocycles. The van der Waals surface area contributed by atoms with Crippen molar-refractivity contribution in [3.63, 3.8) is 0 Å². The third-order valence-electron chi connectivity index (χ3n) is 5.23. The summed E-state index contributed by atoms with van der Waals surface area (Å²) >= 11 is 5.63. The predicted octanol–water partition coefficient (Wildman–Crippen LogP) is 3.29. The molecule has 0 bridgehead atoms. The topological polar surface area (TPSA) is 93.9 Å². The first kappa shape index (κ1) is 23.9. The summed E-state index contributed by atoms with van der Waals surface area (Å²) in [6, 6.07) is 5.85. The van der Waals surface area contributed by atoms with Crippen molar-refractivity contribution in [1.29, 1.82) is 0 Å². The van der Waals surface area contributed by atoms with Crippen molar-refractivity contribution in [3.05, 3.63) is 23.8 Å². The number of ether oxygens (including phenoxy) is 2. The van der Waals surface area contributed by atoms with Gasteiger partial charge in [0.15, 0.2) is 23.2 Å². The summed E-state index contributed by atoms with van der Waals surface area (Å²) in [5.41, 5.74) is 6.13. The number of thiocarbonyl (C=S) groups is 1. The molecule has 0 heterocycles. The van der Waals surface area contributed by atoms with E-state index in [9.17, 15) is 9.59 Å². The van der Waals surface area contributed by atoms with E-state index in [-0.39, 0.29) is 12.5 Å². The van der Waals surface area contributed by atoms with Crippen molar-refractivity contribution >= 4 is 29.1 Å². The molecule has 1 aliphatic rings. The minimum Gasteiger partial charge on any atom is -0.493 e. The van der Waals surface area contributed by atoms with Gasteiger partial charge in [-0.05, 0) is 49.2 Å². The van der Waals surface area contributed by atoms with Gasteiger partial charge < -0.3 is 25.4 Å².